The molecular weight excluding hydrogens is 234 g/mol. The first-order valence-corrected chi connectivity index (χ1v) is 6.43. The van der Waals surface area contributed by atoms with Crippen LogP contribution in [-0.4, -0.2) is 5.71 Å². The third kappa shape index (κ3) is 3.44. The van der Waals surface area contributed by atoms with E-state index in [2.05, 4.69) is 6.92 Å². The number of nitrogens with one attached hydrogen (secondary N) is 1. The second kappa shape index (κ2) is 5.70. The van der Waals surface area contributed by atoms with Gasteiger partial charge in [0.15, 0.2) is 0 Å². The molecule has 2 heteroatoms. The number of hydrogen-bond donors (Lipinski definition) is 1. The van der Waals surface area contributed by atoms with E-state index in [9.17, 15) is 0 Å². The highest BCUT2D eigenvalue weighted by Gasteiger charge is 2.05. The molecule has 0 radical (unpaired) electrons. The maximum atomic E-state index is 7.61. The number of hydrogen-bond acceptors (Lipinski definition) is 2. The van der Waals surface area contributed by atoms with Gasteiger partial charge in [0.05, 0.1) is 0 Å². The fourth-order valence-electron chi connectivity index (χ4n) is 1.99. The van der Waals surface area contributed by atoms with Crippen LogP contribution in [0.25, 0.3) is 0 Å². The zero-order chi connectivity index (χ0) is 13.8. The fourth-order valence-corrected chi connectivity index (χ4v) is 1.99. The van der Waals surface area contributed by atoms with E-state index in [1.165, 1.54) is 5.56 Å². The molecule has 2 aromatic rings. The van der Waals surface area contributed by atoms with Crippen LogP contribution in [0.15, 0.2) is 42.5 Å². The van der Waals surface area contributed by atoms with Crippen LogP contribution in [-0.2, 0) is 6.42 Å². The summed E-state index contributed by atoms with van der Waals surface area (Å²) in [5.41, 5.74) is 4.13. The fraction of sp³-hybridized carbons (Fsp3) is 0.235. The molecule has 1 N–H and O–H groups in total. The summed E-state index contributed by atoms with van der Waals surface area (Å²) < 4.78 is 5.92. The second-order valence-corrected chi connectivity index (χ2v) is 4.91. The molecule has 0 aromatic heterocycles. The molecule has 0 saturated heterocycles. The normalized spacial score (nSPS) is 10.3. The first-order valence-electron chi connectivity index (χ1n) is 6.43. The van der Waals surface area contributed by atoms with E-state index in [0.717, 1.165) is 22.6 Å². The summed E-state index contributed by atoms with van der Waals surface area (Å²) >= 11 is 0. The minimum absolute atomic E-state index is 0.663. The van der Waals surface area contributed by atoms with Gasteiger partial charge in [-0.1, -0.05) is 24.3 Å². The van der Waals surface area contributed by atoms with Crippen LogP contribution in [0, 0.1) is 19.3 Å². The van der Waals surface area contributed by atoms with Crippen molar-refractivity contribution in [2.75, 3.05) is 0 Å². The highest BCUT2D eigenvalue weighted by molar-refractivity contribution is 5.81. The number of benzene rings is 2. The first-order chi connectivity index (χ1) is 9.06. The van der Waals surface area contributed by atoms with Crippen molar-refractivity contribution in [3.63, 3.8) is 0 Å². The van der Waals surface area contributed by atoms with Gasteiger partial charge in [0, 0.05) is 12.1 Å². The summed E-state index contributed by atoms with van der Waals surface area (Å²) in [6, 6.07) is 14.0. The van der Waals surface area contributed by atoms with Crippen LogP contribution in [0.3, 0.4) is 0 Å². The van der Waals surface area contributed by atoms with E-state index in [0.29, 0.717) is 12.1 Å². The highest BCUT2D eigenvalue weighted by atomic mass is 16.5. The number of para-hydroxylation sites is 1. The van der Waals surface area contributed by atoms with Gasteiger partial charge in [-0.25, -0.2) is 0 Å². The Morgan fingerprint density at radius 1 is 1.05 bits per heavy atom. The number of rotatable bonds is 4. The molecule has 98 valence electrons. The maximum absolute atomic E-state index is 7.61. The Bertz CT molecular complexity index is 602. The molecule has 0 fully saturated rings. The molecule has 0 bridgehead atoms. The molecule has 19 heavy (non-hydrogen) atoms. The van der Waals surface area contributed by atoms with Crippen molar-refractivity contribution in [1.82, 2.24) is 0 Å². The summed E-state index contributed by atoms with van der Waals surface area (Å²) in [7, 11) is 0. The van der Waals surface area contributed by atoms with Crippen molar-refractivity contribution in [2.45, 2.75) is 27.2 Å². The lowest BCUT2D eigenvalue weighted by molar-refractivity contribution is 0.478. The zero-order valence-electron chi connectivity index (χ0n) is 11.7. The molecule has 0 aliphatic heterocycles. The molecular formula is C17H19NO. The van der Waals surface area contributed by atoms with Crippen molar-refractivity contribution < 1.29 is 4.74 Å². The Labute approximate surface area is 114 Å². The minimum Gasteiger partial charge on any atom is -0.457 e. The summed E-state index contributed by atoms with van der Waals surface area (Å²) in [5.74, 6) is 1.71. The largest absolute Gasteiger partial charge is 0.457 e. The Balaban J connectivity index is 2.26. The predicted octanol–water partition coefficient (Wildman–Crippen LogP) is 4.68. The van der Waals surface area contributed by atoms with Crippen LogP contribution in [0.5, 0.6) is 11.5 Å². The third-order valence-electron chi connectivity index (χ3n) is 3.10. The van der Waals surface area contributed by atoms with Crippen molar-refractivity contribution in [1.29, 1.82) is 5.41 Å². The number of aryl methyl sites for hydroxylation is 2. The van der Waals surface area contributed by atoms with Crippen molar-refractivity contribution >= 4 is 5.71 Å². The SMILES string of the molecule is CC(=N)Cc1cc(Oc2ccccc2C)ccc1C. The minimum atomic E-state index is 0.663. The Kier molecular flexibility index (Phi) is 4.00. The second-order valence-electron chi connectivity index (χ2n) is 4.91. The molecule has 0 saturated carbocycles. The monoisotopic (exact) mass is 253 g/mol. The van der Waals surface area contributed by atoms with Gasteiger partial charge in [-0.15, -0.1) is 0 Å². The van der Waals surface area contributed by atoms with Crippen LogP contribution in [0.4, 0.5) is 0 Å². The molecule has 2 rings (SSSR count). The maximum Gasteiger partial charge on any atom is 0.130 e. The van der Waals surface area contributed by atoms with Crippen LogP contribution < -0.4 is 4.74 Å². The van der Waals surface area contributed by atoms with E-state index < -0.39 is 0 Å². The van der Waals surface area contributed by atoms with Gasteiger partial charge in [0.1, 0.15) is 11.5 Å². The van der Waals surface area contributed by atoms with Crippen molar-refractivity contribution in [3.05, 3.63) is 59.2 Å². The molecule has 0 aliphatic carbocycles. The van der Waals surface area contributed by atoms with Crippen LogP contribution in [0.1, 0.15) is 23.6 Å². The van der Waals surface area contributed by atoms with Gasteiger partial charge < -0.3 is 10.1 Å². The molecule has 0 unspecified atom stereocenters. The van der Waals surface area contributed by atoms with Gasteiger partial charge in [0.2, 0.25) is 0 Å². The number of ether oxygens (including phenoxy) is 1. The van der Waals surface area contributed by atoms with Crippen LogP contribution in [0.2, 0.25) is 0 Å². The Morgan fingerprint density at radius 3 is 2.47 bits per heavy atom. The summed E-state index contributed by atoms with van der Waals surface area (Å²) in [6.45, 7) is 5.93. The van der Waals surface area contributed by atoms with Crippen LogP contribution >= 0.6 is 0 Å². The average molecular weight is 253 g/mol. The summed E-state index contributed by atoms with van der Waals surface area (Å²) in [5, 5.41) is 7.61. The Morgan fingerprint density at radius 2 is 1.79 bits per heavy atom. The van der Waals surface area contributed by atoms with Gasteiger partial charge >= 0.3 is 0 Å². The quantitative estimate of drug-likeness (QED) is 0.789. The van der Waals surface area contributed by atoms with Gasteiger partial charge in [0.25, 0.3) is 0 Å². The predicted molar refractivity (Wildman–Crippen MR) is 79.5 cm³/mol. The first kappa shape index (κ1) is 13.3. The lowest BCUT2D eigenvalue weighted by atomic mass is 10.0. The van der Waals surface area contributed by atoms with Gasteiger partial charge in [-0.2, -0.15) is 0 Å². The molecule has 0 amide bonds. The Hall–Kier alpha value is -2.09. The van der Waals surface area contributed by atoms with E-state index in [-0.39, 0.29) is 0 Å². The van der Waals surface area contributed by atoms with Gasteiger partial charge in [-0.05, 0) is 55.7 Å². The molecule has 0 spiro atoms. The molecule has 0 heterocycles. The smallest absolute Gasteiger partial charge is 0.130 e. The molecule has 2 nitrogen and oxygen atoms in total. The lowest BCUT2D eigenvalue weighted by Crippen LogP contribution is -1.98. The lowest BCUT2D eigenvalue weighted by Gasteiger charge is -2.11. The topological polar surface area (TPSA) is 33.1 Å². The van der Waals surface area contributed by atoms with Gasteiger partial charge in [-0.3, -0.25) is 0 Å². The molecule has 0 atom stereocenters. The van der Waals surface area contributed by atoms with E-state index in [1.54, 1.807) is 0 Å². The standard InChI is InChI=1S/C17H19NO/c1-12-8-9-16(11-15(12)10-14(3)18)19-17-7-5-4-6-13(17)2/h4-9,11,18H,10H2,1-3H3. The van der Waals surface area contributed by atoms with Crippen molar-refractivity contribution in [2.24, 2.45) is 0 Å². The summed E-state index contributed by atoms with van der Waals surface area (Å²) in [4.78, 5) is 0. The highest BCUT2D eigenvalue weighted by Crippen LogP contribution is 2.26. The van der Waals surface area contributed by atoms with Crippen molar-refractivity contribution in [3.8, 4) is 11.5 Å². The zero-order valence-corrected chi connectivity index (χ0v) is 11.7. The van der Waals surface area contributed by atoms with E-state index in [4.69, 9.17) is 10.1 Å². The van der Waals surface area contributed by atoms with E-state index in [1.807, 2.05) is 56.3 Å². The molecule has 2 aromatic carbocycles. The summed E-state index contributed by atoms with van der Waals surface area (Å²) in [6.07, 6.45) is 0.677. The third-order valence-corrected chi connectivity index (χ3v) is 3.10. The average Bonchev–Trinajstić information content (AvgIpc) is 2.35. The molecule has 0 aliphatic rings. The van der Waals surface area contributed by atoms with E-state index >= 15 is 0 Å².